The Balaban J connectivity index is 0.000000102. The molecule has 0 unspecified atom stereocenters. The van der Waals surface area contributed by atoms with Crippen LogP contribution < -0.4 is 0 Å². The van der Waals surface area contributed by atoms with Gasteiger partial charge in [0.2, 0.25) is 0 Å². The Morgan fingerprint density at radius 2 is 0.449 bits per heavy atom. The van der Waals surface area contributed by atoms with Crippen LogP contribution in [-0.4, -0.2) is 4.57 Å². The van der Waals surface area contributed by atoms with Gasteiger partial charge in [-0.25, -0.2) is 0 Å². The summed E-state index contributed by atoms with van der Waals surface area (Å²) in [6.07, 6.45) is 0. The molecule has 0 bridgehead atoms. The van der Waals surface area contributed by atoms with E-state index in [4.69, 9.17) is 0 Å². The highest BCUT2D eigenvalue weighted by atomic mass is 15.0. The second-order valence-corrected chi connectivity index (χ2v) is 39.6. The third-order valence-electron chi connectivity index (χ3n) is 30.1. The molecule has 25 rings (SSSR count). The summed E-state index contributed by atoms with van der Waals surface area (Å²) in [5.41, 5.74) is 55.5. The van der Waals surface area contributed by atoms with Crippen molar-refractivity contribution < 1.29 is 0 Å². The first kappa shape index (κ1) is 88.9. The van der Waals surface area contributed by atoms with Crippen molar-refractivity contribution in [3.8, 4) is 61.3 Å². The quantitative estimate of drug-likeness (QED) is 0.150. The van der Waals surface area contributed by atoms with Crippen LogP contribution in [0.2, 0.25) is 0 Å². The maximum absolute atomic E-state index is 2.38. The van der Waals surface area contributed by atoms with E-state index in [9.17, 15) is 0 Å². The van der Waals surface area contributed by atoms with Crippen LogP contribution in [-0.2, 0) is 27.1 Å². The molecule has 0 N–H and O–H groups in total. The van der Waals surface area contributed by atoms with E-state index in [0.29, 0.717) is 0 Å². The third-order valence-corrected chi connectivity index (χ3v) is 30.1. The maximum Gasteiger partial charge on any atom is 0.0716 e. The van der Waals surface area contributed by atoms with Crippen LogP contribution in [0.25, 0.3) is 83.1 Å². The largest absolute Gasteiger partial charge is 0.309 e. The Bertz CT molecular complexity index is 7610. The smallest absolute Gasteiger partial charge is 0.0716 e. The highest BCUT2D eigenvalue weighted by molar-refractivity contribution is 6.10. The van der Waals surface area contributed by atoms with E-state index >= 15 is 0 Å². The van der Waals surface area contributed by atoms with Crippen molar-refractivity contribution in [3.05, 3.63) is 586 Å². The fourth-order valence-electron chi connectivity index (χ4n) is 24.0. The Morgan fingerprint density at radius 1 is 0.169 bits per heavy atom. The molecule has 5 aliphatic carbocycles. The predicted molar refractivity (Wildman–Crippen MR) is 577 cm³/mol. The molecule has 136 heavy (non-hydrogen) atoms. The normalized spacial score (nSPS) is 13.9. The molecule has 1 aromatic heterocycles. The van der Waals surface area contributed by atoms with Crippen molar-refractivity contribution in [2.45, 2.75) is 138 Å². The minimum absolute atomic E-state index is 0.141. The van der Waals surface area contributed by atoms with Gasteiger partial charge in [-0.05, 0) is 298 Å². The standard InChI is InChI=1S/3C27H22.C20H17N.2C17H18/c1-19-16-17-23-25(18-19)27(21-11-5-3-6-12-21,22-13-7-4-8-14-22)24-15-9-10-20(2)26(23)24;1-19-17-18-20(2)26-25(19)23-15-9-10-16-24(23)27(26,21-11-5-3-6-12-21)22-13-7-4-8-14-22;1-19-13-15-23-24-16-14-20(2)18-26(24)27(25(23)17-19,21-9-5-3-6-10-21)22-11-7-4-8-12-22;1-14-8-10-19-17(12-14)18-13-15(2)9-11-20(18)21(19)16-6-4-3-5-7-16;1-11-8-9-13-15(10-11)17(3,4)14-7-5-6-12(2)16(13)14;1-11-9-10-12(2)16-15(11)13-7-5-6-8-14(13)17(16,3)4/h3*3-18H,1-2H3;3-13H,1-2H3;2*5-10H,1-4H3. The van der Waals surface area contributed by atoms with Crippen LogP contribution in [0.4, 0.5) is 0 Å². The summed E-state index contributed by atoms with van der Waals surface area (Å²) in [5.74, 6) is 0. The molecule has 0 amide bonds. The van der Waals surface area contributed by atoms with Crippen molar-refractivity contribution in [3.63, 3.8) is 0 Å². The molecule has 0 saturated heterocycles. The van der Waals surface area contributed by atoms with Crippen LogP contribution in [0.3, 0.4) is 0 Å². The van der Waals surface area contributed by atoms with Gasteiger partial charge in [0.1, 0.15) is 0 Å². The van der Waals surface area contributed by atoms with E-state index in [1.807, 2.05) is 0 Å². The van der Waals surface area contributed by atoms with E-state index in [1.165, 1.54) is 239 Å². The molecule has 0 fully saturated rings. The molecule has 5 aliphatic rings. The van der Waals surface area contributed by atoms with E-state index in [1.54, 1.807) is 0 Å². The molecule has 0 radical (unpaired) electrons. The Labute approximate surface area is 806 Å². The molecule has 0 saturated carbocycles. The van der Waals surface area contributed by atoms with Gasteiger partial charge in [0.05, 0.1) is 27.3 Å². The number of aryl methyl sites for hydroxylation is 12. The molecular weight excluding hydrogens is 1640 g/mol. The van der Waals surface area contributed by atoms with Gasteiger partial charge < -0.3 is 4.57 Å². The summed E-state index contributed by atoms with van der Waals surface area (Å²) < 4.78 is 2.35. The second kappa shape index (κ2) is 35.7. The fourth-order valence-corrected chi connectivity index (χ4v) is 24.0. The number of benzene rings is 19. The lowest BCUT2D eigenvalue weighted by Crippen LogP contribution is -2.29. The minimum Gasteiger partial charge on any atom is -0.309 e. The summed E-state index contributed by atoms with van der Waals surface area (Å²) in [7, 11) is 0. The highest BCUT2D eigenvalue weighted by Crippen LogP contribution is 2.62. The van der Waals surface area contributed by atoms with Gasteiger partial charge in [0, 0.05) is 27.3 Å². The van der Waals surface area contributed by atoms with Crippen LogP contribution >= 0.6 is 0 Å². The third kappa shape index (κ3) is 14.8. The Hall–Kier alpha value is -15.0. The summed E-state index contributed by atoms with van der Waals surface area (Å²) in [6, 6.07) is 158. The van der Waals surface area contributed by atoms with Crippen molar-refractivity contribution in [2.24, 2.45) is 0 Å². The van der Waals surface area contributed by atoms with Crippen LogP contribution in [0.1, 0.15) is 183 Å². The van der Waals surface area contributed by atoms with Gasteiger partial charge in [0.15, 0.2) is 0 Å². The average molecular weight is 1760 g/mol. The molecular formula is C135H119N. The zero-order valence-electron chi connectivity index (χ0n) is 81.4. The molecule has 1 heterocycles. The first-order valence-corrected chi connectivity index (χ1v) is 48.4. The maximum atomic E-state index is 2.38. The first-order valence-electron chi connectivity index (χ1n) is 48.4. The lowest BCUT2D eigenvalue weighted by atomic mass is 9.66. The second-order valence-electron chi connectivity index (χ2n) is 39.6. The summed E-state index contributed by atoms with van der Waals surface area (Å²) in [5, 5.41) is 2.66. The van der Waals surface area contributed by atoms with Gasteiger partial charge in [-0.2, -0.15) is 0 Å². The van der Waals surface area contributed by atoms with Crippen LogP contribution in [0, 0.1) is 83.1 Å². The fraction of sp³-hybridized carbons (Fsp3) is 0.156. The number of hydrogen-bond donors (Lipinski definition) is 0. The molecule has 1 nitrogen and oxygen atoms in total. The molecule has 20 aromatic rings. The van der Waals surface area contributed by atoms with Gasteiger partial charge in [-0.15, -0.1) is 0 Å². The predicted octanol–water partition coefficient (Wildman–Crippen LogP) is 34.6. The topological polar surface area (TPSA) is 4.93 Å². The van der Waals surface area contributed by atoms with Gasteiger partial charge in [0.25, 0.3) is 0 Å². The number of nitrogens with zero attached hydrogens (tertiary/aromatic N) is 1. The van der Waals surface area contributed by atoms with E-state index in [2.05, 4.69) is 546 Å². The highest BCUT2D eigenvalue weighted by Gasteiger charge is 2.50. The molecule has 19 aromatic carbocycles. The summed E-state index contributed by atoms with van der Waals surface area (Å²) >= 11 is 0. The van der Waals surface area contributed by atoms with E-state index in [-0.39, 0.29) is 27.1 Å². The number of hydrogen-bond acceptors (Lipinski definition) is 0. The monoisotopic (exact) mass is 1750 g/mol. The number of aromatic nitrogens is 1. The van der Waals surface area contributed by atoms with E-state index in [0.717, 1.165) is 0 Å². The van der Waals surface area contributed by atoms with Crippen molar-refractivity contribution in [1.82, 2.24) is 4.57 Å². The Morgan fingerprint density at radius 3 is 0.882 bits per heavy atom. The first-order chi connectivity index (χ1) is 66.0. The molecule has 664 valence electrons. The van der Waals surface area contributed by atoms with Crippen LogP contribution in [0.5, 0.6) is 0 Å². The number of fused-ring (bicyclic) bond motifs is 18. The average Bonchev–Trinajstić information content (AvgIpc) is 1.53. The zero-order chi connectivity index (χ0) is 94.1. The summed E-state index contributed by atoms with van der Waals surface area (Å²) in [4.78, 5) is 0. The molecule has 0 atom stereocenters. The lowest BCUT2D eigenvalue weighted by Gasteiger charge is -2.35. The van der Waals surface area contributed by atoms with Crippen molar-refractivity contribution in [1.29, 1.82) is 0 Å². The summed E-state index contributed by atoms with van der Waals surface area (Å²) in [6.45, 7) is 35.8. The zero-order valence-corrected chi connectivity index (χ0v) is 81.4. The van der Waals surface area contributed by atoms with Crippen molar-refractivity contribution >= 4 is 21.8 Å². The SMILES string of the molecule is Cc1ccc(C)c2c1-c1ccccc1C2(C)C.Cc1ccc(C)c2c1-c1ccccc1C2(c1ccccc1)c1ccccc1.Cc1ccc2c(c1)C(C)(C)c1cccc(C)c1-2.Cc1ccc2c(c1)C(c1ccccc1)(c1ccccc1)c1cc(C)ccc1-2.Cc1ccc2c(c1)C(c1ccccc1)(c1ccccc1)c1cccc(C)c1-2.Cc1ccc2c(c1)c1cc(C)ccc1n2-c1ccccc1. The molecule has 0 spiro atoms. The van der Waals surface area contributed by atoms with Crippen molar-refractivity contribution in [2.75, 3.05) is 0 Å². The minimum atomic E-state index is -0.273. The Kier molecular flexibility index (Phi) is 23.4. The molecule has 0 aliphatic heterocycles. The van der Waals surface area contributed by atoms with E-state index < -0.39 is 0 Å². The lowest BCUT2D eigenvalue weighted by molar-refractivity contribution is 0.655. The number of para-hydroxylation sites is 1. The van der Waals surface area contributed by atoms with Crippen LogP contribution in [0.15, 0.2) is 431 Å². The van der Waals surface area contributed by atoms with Gasteiger partial charge in [-0.1, -0.05) is 455 Å². The van der Waals surface area contributed by atoms with Gasteiger partial charge >= 0.3 is 0 Å². The number of rotatable bonds is 7. The van der Waals surface area contributed by atoms with Gasteiger partial charge in [-0.3, -0.25) is 0 Å². The molecule has 1 heteroatoms.